The molecule has 0 aliphatic carbocycles. The van der Waals surface area contributed by atoms with E-state index < -0.39 is 0 Å². The van der Waals surface area contributed by atoms with E-state index in [4.69, 9.17) is 0 Å². The van der Waals surface area contributed by atoms with Crippen LogP contribution in [0.2, 0.25) is 0 Å². The fourth-order valence-corrected chi connectivity index (χ4v) is 2.87. The van der Waals surface area contributed by atoms with E-state index in [1.54, 1.807) is 35.7 Å². The van der Waals surface area contributed by atoms with Gasteiger partial charge in [0, 0.05) is 11.1 Å². The first-order chi connectivity index (χ1) is 10.1. The van der Waals surface area contributed by atoms with Crippen molar-refractivity contribution in [1.82, 2.24) is 19.5 Å². The highest BCUT2D eigenvalue weighted by molar-refractivity contribution is 7.10. The van der Waals surface area contributed by atoms with Crippen molar-refractivity contribution in [3.63, 3.8) is 0 Å². The molecule has 0 radical (unpaired) electrons. The monoisotopic (exact) mass is 302 g/mol. The zero-order valence-corrected chi connectivity index (χ0v) is 12.3. The summed E-state index contributed by atoms with van der Waals surface area (Å²) in [5, 5.41) is 8.92. The van der Waals surface area contributed by atoms with Crippen LogP contribution in [-0.4, -0.2) is 20.1 Å². The van der Waals surface area contributed by atoms with Crippen molar-refractivity contribution in [2.45, 2.75) is 20.0 Å². The van der Waals surface area contributed by atoms with Crippen LogP contribution in [-0.2, 0) is 17.9 Å². The largest absolute Gasteiger partial charge is 0.350 e. The van der Waals surface area contributed by atoms with E-state index in [0.717, 1.165) is 10.4 Å². The molecule has 0 fully saturated rings. The maximum absolute atomic E-state index is 12.0. The summed E-state index contributed by atoms with van der Waals surface area (Å²) in [6.07, 6.45) is 1.63. The number of nitrogens with one attached hydrogen (secondary N) is 1. The fraction of sp³-hybridized carbons (Fsp3) is 0.214. The van der Waals surface area contributed by atoms with Gasteiger partial charge in [0.05, 0.1) is 6.54 Å². The molecule has 0 aliphatic heterocycles. The van der Waals surface area contributed by atoms with Crippen molar-refractivity contribution in [1.29, 1.82) is 0 Å². The van der Waals surface area contributed by atoms with Crippen LogP contribution >= 0.6 is 11.3 Å². The zero-order chi connectivity index (χ0) is 14.8. The van der Waals surface area contributed by atoms with Crippen molar-refractivity contribution in [2.75, 3.05) is 0 Å². The van der Waals surface area contributed by atoms with Crippen molar-refractivity contribution < 1.29 is 4.79 Å². The highest BCUT2D eigenvalue weighted by atomic mass is 32.1. The Morgan fingerprint density at radius 2 is 2.24 bits per heavy atom. The molecule has 0 aliphatic rings. The summed E-state index contributed by atoms with van der Waals surface area (Å²) in [6.45, 7) is 2.40. The van der Waals surface area contributed by atoms with Gasteiger partial charge in [-0.15, -0.1) is 16.4 Å². The number of rotatable bonds is 4. The number of aryl methyl sites for hydroxylation is 1. The third-order valence-electron chi connectivity index (χ3n) is 3.20. The zero-order valence-electron chi connectivity index (χ0n) is 11.4. The lowest BCUT2D eigenvalue weighted by Crippen LogP contribution is -2.32. The van der Waals surface area contributed by atoms with Crippen LogP contribution in [0.1, 0.15) is 10.4 Å². The van der Waals surface area contributed by atoms with Crippen molar-refractivity contribution in [3.8, 4) is 0 Å². The van der Waals surface area contributed by atoms with E-state index in [2.05, 4.69) is 10.4 Å². The number of nitrogens with zero attached hydrogens (tertiary/aromatic N) is 3. The molecule has 0 unspecified atom stereocenters. The van der Waals surface area contributed by atoms with Gasteiger partial charge in [0.2, 0.25) is 5.91 Å². The SMILES string of the molecule is Cc1ccsc1CNC(=O)Cn1nc2ccccn2c1=O. The molecule has 7 heteroatoms. The molecular formula is C14H14N4O2S. The maximum Gasteiger partial charge on any atom is 0.350 e. The lowest BCUT2D eigenvalue weighted by Gasteiger charge is -2.04. The Kier molecular flexibility index (Phi) is 3.57. The second kappa shape index (κ2) is 5.53. The minimum absolute atomic E-state index is 0.0784. The van der Waals surface area contributed by atoms with E-state index in [-0.39, 0.29) is 18.1 Å². The highest BCUT2D eigenvalue weighted by Gasteiger charge is 2.10. The Balaban J connectivity index is 1.70. The van der Waals surface area contributed by atoms with E-state index in [1.807, 2.05) is 18.4 Å². The third kappa shape index (κ3) is 2.73. The van der Waals surface area contributed by atoms with Crippen molar-refractivity contribution in [3.05, 3.63) is 56.8 Å². The molecule has 21 heavy (non-hydrogen) atoms. The second-order valence-corrected chi connectivity index (χ2v) is 5.67. The normalized spacial score (nSPS) is 10.9. The van der Waals surface area contributed by atoms with Gasteiger partial charge in [-0.3, -0.25) is 9.20 Å². The lowest BCUT2D eigenvalue weighted by atomic mass is 10.3. The number of hydrogen-bond acceptors (Lipinski definition) is 4. The predicted molar refractivity (Wildman–Crippen MR) is 80.4 cm³/mol. The summed E-state index contributed by atoms with van der Waals surface area (Å²) in [4.78, 5) is 25.1. The Morgan fingerprint density at radius 3 is 2.95 bits per heavy atom. The topological polar surface area (TPSA) is 68.4 Å². The van der Waals surface area contributed by atoms with Gasteiger partial charge in [-0.1, -0.05) is 6.07 Å². The first-order valence-electron chi connectivity index (χ1n) is 6.49. The number of thiophene rings is 1. The third-order valence-corrected chi connectivity index (χ3v) is 4.22. The fourth-order valence-electron chi connectivity index (χ4n) is 2.03. The van der Waals surface area contributed by atoms with E-state index in [0.29, 0.717) is 12.2 Å². The van der Waals surface area contributed by atoms with Crippen molar-refractivity contribution >= 4 is 22.9 Å². The molecule has 0 aromatic carbocycles. The average Bonchev–Trinajstić information content (AvgIpc) is 3.02. The van der Waals surface area contributed by atoms with Crippen LogP contribution < -0.4 is 11.0 Å². The van der Waals surface area contributed by atoms with Gasteiger partial charge in [-0.05, 0) is 36.1 Å². The molecular weight excluding hydrogens is 288 g/mol. The van der Waals surface area contributed by atoms with E-state index in [1.165, 1.54) is 9.08 Å². The Hall–Kier alpha value is -2.41. The lowest BCUT2D eigenvalue weighted by molar-refractivity contribution is -0.122. The summed E-state index contributed by atoms with van der Waals surface area (Å²) < 4.78 is 2.59. The van der Waals surface area contributed by atoms with E-state index >= 15 is 0 Å². The summed E-state index contributed by atoms with van der Waals surface area (Å²) >= 11 is 1.60. The van der Waals surface area contributed by atoms with Crippen LogP contribution in [0.5, 0.6) is 0 Å². The number of carbonyl (C=O) groups is 1. The Labute approximate surface area is 124 Å². The van der Waals surface area contributed by atoms with Crippen LogP contribution in [0.4, 0.5) is 0 Å². The first-order valence-corrected chi connectivity index (χ1v) is 7.37. The summed E-state index contributed by atoms with van der Waals surface area (Å²) in [7, 11) is 0. The molecule has 6 nitrogen and oxygen atoms in total. The van der Waals surface area contributed by atoms with Gasteiger partial charge in [0.1, 0.15) is 6.54 Å². The molecule has 0 spiro atoms. The summed E-state index contributed by atoms with van der Waals surface area (Å²) in [5.74, 6) is -0.228. The van der Waals surface area contributed by atoms with Gasteiger partial charge >= 0.3 is 5.69 Å². The molecule has 0 saturated carbocycles. The first kappa shape index (κ1) is 13.6. The van der Waals surface area contributed by atoms with Gasteiger partial charge in [-0.25, -0.2) is 9.48 Å². The van der Waals surface area contributed by atoms with Crippen LogP contribution in [0.25, 0.3) is 5.65 Å². The summed E-state index contributed by atoms with van der Waals surface area (Å²) in [5.41, 5.74) is 1.38. The minimum atomic E-state index is -0.312. The standard InChI is InChI=1S/C14H14N4O2S/c1-10-5-7-21-11(10)8-15-13(19)9-18-14(20)17-6-3-2-4-12(17)16-18/h2-7H,8-9H2,1H3,(H,15,19). The number of pyridine rings is 1. The van der Waals surface area contributed by atoms with Gasteiger partial charge in [0.25, 0.3) is 0 Å². The molecule has 108 valence electrons. The predicted octanol–water partition coefficient (Wildman–Crippen LogP) is 1.18. The molecule has 3 rings (SSSR count). The quantitative estimate of drug-likeness (QED) is 0.787. The summed E-state index contributed by atoms with van der Waals surface area (Å²) in [6, 6.07) is 7.29. The number of hydrogen-bond donors (Lipinski definition) is 1. The maximum atomic E-state index is 12.0. The molecule has 1 N–H and O–H groups in total. The number of fused-ring (bicyclic) bond motifs is 1. The second-order valence-electron chi connectivity index (χ2n) is 4.67. The molecule has 0 atom stereocenters. The molecule has 0 bridgehead atoms. The Morgan fingerprint density at radius 1 is 1.38 bits per heavy atom. The number of amides is 1. The Bertz CT molecular complexity index is 846. The highest BCUT2D eigenvalue weighted by Crippen LogP contribution is 2.14. The van der Waals surface area contributed by atoms with Crippen LogP contribution in [0, 0.1) is 6.92 Å². The molecule has 3 heterocycles. The van der Waals surface area contributed by atoms with Crippen LogP contribution in [0.3, 0.4) is 0 Å². The van der Waals surface area contributed by atoms with Crippen molar-refractivity contribution in [2.24, 2.45) is 0 Å². The molecule has 0 saturated heterocycles. The average molecular weight is 302 g/mol. The molecule has 3 aromatic rings. The minimum Gasteiger partial charge on any atom is -0.350 e. The van der Waals surface area contributed by atoms with Gasteiger partial charge in [-0.2, -0.15) is 0 Å². The van der Waals surface area contributed by atoms with E-state index in [9.17, 15) is 9.59 Å². The number of aromatic nitrogens is 3. The van der Waals surface area contributed by atoms with Gasteiger partial charge in [0.15, 0.2) is 5.65 Å². The smallest absolute Gasteiger partial charge is 0.350 e. The van der Waals surface area contributed by atoms with Crippen LogP contribution in [0.15, 0.2) is 40.6 Å². The number of carbonyl (C=O) groups excluding carboxylic acids is 1. The molecule has 3 aromatic heterocycles. The van der Waals surface area contributed by atoms with Gasteiger partial charge < -0.3 is 5.32 Å². The molecule has 1 amide bonds.